The van der Waals surface area contributed by atoms with Gasteiger partial charge in [0.2, 0.25) is 17.7 Å². The summed E-state index contributed by atoms with van der Waals surface area (Å²) in [6, 6.07) is 17.8. The van der Waals surface area contributed by atoms with E-state index in [-0.39, 0.29) is 29.7 Å². The van der Waals surface area contributed by atoms with Crippen molar-refractivity contribution in [2.45, 2.75) is 50.6 Å². The van der Waals surface area contributed by atoms with Gasteiger partial charge >= 0.3 is 0 Å². The number of amides is 3. The smallest absolute Gasteiger partial charge is 0.244 e. The maximum atomic E-state index is 13.7. The number of fused-ring (bicyclic) bond motifs is 3. The van der Waals surface area contributed by atoms with E-state index in [2.05, 4.69) is 27.0 Å². The largest absolute Gasteiger partial charge is 0.329 e. The Kier molecular flexibility index (Phi) is 5.78. The zero-order valence-corrected chi connectivity index (χ0v) is 22.6. The standard InChI is InChI=1S/C32H33N5O3/c1-33-17-22-5-2-3-6-23(22)18-37(30(40)31-12-20(13-31)14-31)19-27(38)35-25-9-8-21-15-32(16-24(21)11-25)26-7-4-10-34-28(26)36-29(32)39/h2-11,20,33H,12-19H2,1H3,(H,35,38)(H,34,36,39). The minimum absolute atomic E-state index is 0.00160. The molecule has 204 valence electrons. The van der Waals surface area contributed by atoms with Crippen LogP contribution in [0.25, 0.3) is 0 Å². The molecular weight excluding hydrogens is 502 g/mol. The predicted molar refractivity (Wildman–Crippen MR) is 151 cm³/mol. The first kappa shape index (κ1) is 25.0. The maximum absolute atomic E-state index is 13.7. The van der Waals surface area contributed by atoms with Crippen LogP contribution in [0.1, 0.15) is 47.1 Å². The van der Waals surface area contributed by atoms with Gasteiger partial charge in [0.1, 0.15) is 12.4 Å². The fourth-order valence-electron chi connectivity index (χ4n) is 7.27. The quantitative estimate of drug-likeness (QED) is 0.409. The van der Waals surface area contributed by atoms with E-state index in [0.717, 1.165) is 47.1 Å². The second-order valence-electron chi connectivity index (χ2n) is 12.0. The van der Waals surface area contributed by atoms with Crippen LogP contribution in [0, 0.1) is 11.3 Å². The average Bonchev–Trinajstić information content (AvgIpc) is 3.40. The van der Waals surface area contributed by atoms with E-state index in [1.54, 1.807) is 11.1 Å². The Labute approximate surface area is 233 Å². The predicted octanol–water partition coefficient (Wildman–Crippen LogP) is 3.56. The number of rotatable bonds is 8. The van der Waals surface area contributed by atoms with Crippen molar-refractivity contribution in [3.8, 4) is 0 Å². The molecule has 0 radical (unpaired) electrons. The summed E-state index contributed by atoms with van der Waals surface area (Å²) in [5, 5.41) is 9.17. The van der Waals surface area contributed by atoms with Gasteiger partial charge in [-0.05, 0) is 85.5 Å². The number of hydrogen-bond donors (Lipinski definition) is 3. The number of carbonyl (C=O) groups excluding carboxylic acids is 3. The second-order valence-corrected chi connectivity index (χ2v) is 12.0. The van der Waals surface area contributed by atoms with Crippen molar-refractivity contribution in [1.29, 1.82) is 0 Å². The molecule has 8 nitrogen and oxygen atoms in total. The summed E-state index contributed by atoms with van der Waals surface area (Å²) in [6.07, 6.45) is 5.70. The zero-order chi connectivity index (χ0) is 27.5. The second kappa shape index (κ2) is 9.27. The molecule has 1 aromatic heterocycles. The van der Waals surface area contributed by atoms with Crippen LogP contribution in [-0.4, -0.2) is 41.2 Å². The molecule has 5 aliphatic rings. The molecular formula is C32H33N5O3. The third-order valence-electron chi connectivity index (χ3n) is 9.42. The Morgan fingerprint density at radius 1 is 1.02 bits per heavy atom. The summed E-state index contributed by atoms with van der Waals surface area (Å²) < 4.78 is 0. The van der Waals surface area contributed by atoms with Gasteiger partial charge in [0.05, 0.1) is 10.8 Å². The van der Waals surface area contributed by atoms with Crippen LogP contribution in [0.4, 0.5) is 11.5 Å². The zero-order valence-electron chi connectivity index (χ0n) is 22.6. The average molecular weight is 536 g/mol. The van der Waals surface area contributed by atoms with Crippen molar-refractivity contribution < 1.29 is 14.4 Å². The van der Waals surface area contributed by atoms with Crippen LogP contribution >= 0.6 is 0 Å². The van der Waals surface area contributed by atoms with Gasteiger partial charge in [-0.2, -0.15) is 0 Å². The molecule has 3 aromatic rings. The normalized spacial score (nSPS) is 24.9. The summed E-state index contributed by atoms with van der Waals surface area (Å²) in [7, 11) is 1.90. The molecule has 0 saturated heterocycles. The summed E-state index contributed by atoms with van der Waals surface area (Å²) in [5.41, 5.74) is 5.03. The van der Waals surface area contributed by atoms with Crippen LogP contribution in [0.2, 0.25) is 0 Å². The van der Waals surface area contributed by atoms with Gasteiger partial charge in [-0.3, -0.25) is 14.4 Å². The molecule has 40 heavy (non-hydrogen) atoms. The molecule has 3 amide bonds. The molecule has 1 unspecified atom stereocenters. The molecule has 3 saturated carbocycles. The van der Waals surface area contributed by atoms with Crippen molar-refractivity contribution in [2.24, 2.45) is 11.3 Å². The number of nitrogens with zero attached hydrogens (tertiary/aromatic N) is 2. The minimum Gasteiger partial charge on any atom is -0.329 e. The molecule has 1 spiro atoms. The van der Waals surface area contributed by atoms with Crippen molar-refractivity contribution in [3.05, 3.63) is 88.6 Å². The molecule has 8 heteroatoms. The number of aromatic nitrogens is 1. The van der Waals surface area contributed by atoms with Crippen LogP contribution in [0.5, 0.6) is 0 Å². The van der Waals surface area contributed by atoms with Gasteiger partial charge in [0.15, 0.2) is 0 Å². The number of benzene rings is 2. The third-order valence-corrected chi connectivity index (χ3v) is 9.42. The van der Waals surface area contributed by atoms with Gasteiger partial charge in [0.25, 0.3) is 0 Å². The van der Waals surface area contributed by atoms with Crippen molar-refractivity contribution in [2.75, 3.05) is 24.2 Å². The molecule has 3 N–H and O–H groups in total. The first-order chi connectivity index (χ1) is 19.4. The van der Waals surface area contributed by atoms with E-state index in [4.69, 9.17) is 0 Å². The fourth-order valence-corrected chi connectivity index (χ4v) is 7.27. The first-order valence-corrected chi connectivity index (χ1v) is 14.1. The number of hydrogen-bond acceptors (Lipinski definition) is 5. The highest BCUT2D eigenvalue weighted by Gasteiger charge is 2.62. The van der Waals surface area contributed by atoms with Crippen LogP contribution in [-0.2, 0) is 45.7 Å². The number of anilines is 2. The lowest BCUT2D eigenvalue weighted by molar-refractivity contribution is -0.178. The molecule has 3 fully saturated rings. The van der Waals surface area contributed by atoms with Gasteiger partial charge in [-0.25, -0.2) is 4.98 Å². The Hall–Kier alpha value is -4.04. The summed E-state index contributed by atoms with van der Waals surface area (Å²) in [5.74, 6) is 1.17. The summed E-state index contributed by atoms with van der Waals surface area (Å²) in [6.45, 7) is 1.11. The van der Waals surface area contributed by atoms with Crippen molar-refractivity contribution >= 4 is 29.2 Å². The highest BCUT2D eigenvalue weighted by atomic mass is 16.2. The van der Waals surface area contributed by atoms with E-state index in [0.29, 0.717) is 43.4 Å². The molecule has 2 bridgehead atoms. The number of carbonyl (C=O) groups is 3. The molecule has 8 rings (SSSR count). The third kappa shape index (κ3) is 3.92. The minimum atomic E-state index is -0.652. The number of pyridine rings is 1. The molecule has 2 aromatic carbocycles. The van der Waals surface area contributed by atoms with Gasteiger partial charge in [-0.15, -0.1) is 0 Å². The van der Waals surface area contributed by atoms with E-state index in [1.165, 1.54) is 0 Å². The number of nitrogens with one attached hydrogen (secondary N) is 3. The highest BCUT2D eigenvalue weighted by Crippen LogP contribution is 2.65. The highest BCUT2D eigenvalue weighted by molar-refractivity contribution is 6.06. The first-order valence-electron chi connectivity index (χ1n) is 14.1. The van der Waals surface area contributed by atoms with Crippen molar-refractivity contribution in [1.82, 2.24) is 15.2 Å². The SMILES string of the molecule is CNCc1ccccc1CN(CC(=O)Nc1ccc2c(c1)CC1(C2)C(=O)Nc2ncccc21)C(=O)C12CC(C1)C2. The van der Waals surface area contributed by atoms with Gasteiger partial charge in [0, 0.05) is 30.5 Å². The lowest BCUT2D eigenvalue weighted by Crippen LogP contribution is -2.61. The summed E-state index contributed by atoms with van der Waals surface area (Å²) in [4.78, 5) is 46.1. The van der Waals surface area contributed by atoms with E-state index < -0.39 is 5.41 Å². The van der Waals surface area contributed by atoms with Crippen LogP contribution < -0.4 is 16.0 Å². The van der Waals surface area contributed by atoms with Gasteiger partial charge < -0.3 is 20.9 Å². The van der Waals surface area contributed by atoms with E-state index >= 15 is 0 Å². The van der Waals surface area contributed by atoms with Gasteiger partial charge in [-0.1, -0.05) is 36.4 Å². The molecule has 1 aliphatic heterocycles. The summed E-state index contributed by atoms with van der Waals surface area (Å²) >= 11 is 0. The lowest BCUT2D eigenvalue weighted by atomic mass is 9.44. The molecule has 2 heterocycles. The Bertz CT molecular complexity index is 1530. The molecule has 4 aliphatic carbocycles. The van der Waals surface area contributed by atoms with E-state index in [9.17, 15) is 14.4 Å². The monoisotopic (exact) mass is 535 g/mol. The Balaban J connectivity index is 1.08. The topological polar surface area (TPSA) is 103 Å². The van der Waals surface area contributed by atoms with Crippen molar-refractivity contribution in [3.63, 3.8) is 0 Å². The molecule has 1 atom stereocenters. The van der Waals surface area contributed by atoms with E-state index in [1.807, 2.05) is 55.6 Å². The lowest BCUT2D eigenvalue weighted by Gasteiger charge is -2.61. The van der Waals surface area contributed by atoms with Crippen LogP contribution in [0.15, 0.2) is 60.8 Å². The fraction of sp³-hybridized carbons (Fsp3) is 0.375. The Morgan fingerprint density at radius 3 is 2.55 bits per heavy atom. The Morgan fingerprint density at radius 2 is 1.80 bits per heavy atom. The maximum Gasteiger partial charge on any atom is 0.244 e. The van der Waals surface area contributed by atoms with Crippen LogP contribution in [0.3, 0.4) is 0 Å².